The number of aromatic nitrogens is 3. The van der Waals surface area contributed by atoms with E-state index in [0.717, 1.165) is 30.5 Å². The Labute approximate surface area is 119 Å². The van der Waals surface area contributed by atoms with E-state index in [4.69, 9.17) is 0 Å². The van der Waals surface area contributed by atoms with Gasteiger partial charge in [-0.1, -0.05) is 38.1 Å². The third kappa shape index (κ3) is 2.48. The van der Waals surface area contributed by atoms with Gasteiger partial charge in [-0.15, -0.1) is 0 Å². The average Bonchev–Trinajstić information content (AvgIpc) is 3.07. The number of nitrogens with zero attached hydrogens (tertiary/aromatic N) is 3. The number of aliphatic hydroxyl groups excluding tert-OH is 1. The zero-order valence-corrected chi connectivity index (χ0v) is 12.0. The summed E-state index contributed by atoms with van der Waals surface area (Å²) in [4.78, 5) is 1.68. The Balaban J connectivity index is 1.82. The second kappa shape index (κ2) is 5.37. The minimum atomic E-state index is -0.307. The molecule has 2 atom stereocenters. The molecule has 1 aliphatic rings. The van der Waals surface area contributed by atoms with E-state index in [-0.39, 0.29) is 12.1 Å². The van der Waals surface area contributed by atoms with Gasteiger partial charge in [0, 0.05) is 5.56 Å². The van der Waals surface area contributed by atoms with E-state index in [1.165, 1.54) is 5.56 Å². The molecule has 1 aliphatic carbocycles. The molecule has 0 spiro atoms. The Bertz CT molecular complexity index is 574. The van der Waals surface area contributed by atoms with E-state index in [1.54, 1.807) is 11.0 Å². The van der Waals surface area contributed by atoms with Gasteiger partial charge in [0.2, 0.25) is 0 Å². The Kier molecular flexibility index (Phi) is 3.57. The van der Waals surface area contributed by atoms with Crippen LogP contribution in [0.5, 0.6) is 0 Å². The van der Waals surface area contributed by atoms with E-state index in [9.17, 15) is 5.11 Å². The summed E-state index contributed by atoms with van der Waals surface area (Å²) < 4.78 is 0. The summed E-state index contributed by atoms with van der Waals surface area (Å²) in [6, 6.07) is 8.51. The van der Waals surface area contributed by atoms with Gasteiger partial charge < -0.3 is 5.11 Å². The summed E-state index contributed by atoms with van der Waals surface area (Å²) in [5.74, 6) is 0.536. The van der Waals surface area contributed by atoms with Crippen molar-refractivity contribution < 1.29 is 5.11 Å². The molecular weight excluding hydrogens is 250 g/mol. The van der Waals surface area contributed by atoms with Gasteiger partial charge in [-0.3, -0.25) is 0 Å². The highest BCUT2D eigenvalue weighted by molar-refractivity contribution is 5.58. The van der Waals surface area contributed by atoms with Crippen molar-refractivity contribution in [2.75, 3.05) is 0 Å². The quantitative estimate of drug-likeness (QED) is 0.933. The lowest BCUT2D eigenvalue weighted by molar-refractivity contribution is 0.123. The van der Waals surface area contributed by atoms with Crippen LogP contribution in [0.1, 0.15) is 50.6 Å². The standard InChI is InChI=1S/C16H21N3O/c1-11(2)12-6-8-13(9-7-12)14-10-17-19(18-14)15-4-3-5-16(15)20/h6-11,15-16,20H,3-5H2,1-2H3/t15-,16-/m0/s1. The molecular formula is C16H21N3O. The Morgan fingerprint density at radius 2 is 1.95 bits per heavy atom. The molecule has 20 heavy (non-hydrogen) atoms. The first-order chi connectivity index (χ1) is 9.65. The molecule has 2 aromatic rings. The lowest BCUT2D eigenvalue weighted by Crippen LogP contribution is -2.20. The smallest absolute Gasteiger partial charge is 0.113 e. The summed E-state index contributed by atoms with van der Waals surface area (Å²) >= 11 is 0. The monoisotopic (exact) mass is 271 g/mol. The van der Waals surface area contributed by atoms with Crippen molar-refractivity contribution in [3.63, 3.8) is 0 Å². The molecule has 4 nitrogen and oxygen atoms in total. The van der Waals surface area contributed by atoms with Crippen LogP contribution >= 0.6 is 0 Å². The maximum absolute atomic E-state index is 9.92. The van der Waals surface area contributed by atoms with Crippen molar-refractivity contribution >= 4 is 0 Å². The first-order valence-corrected chi connectivity index (χ1v) is 7.35. The maximum atomic E-state index is 9.92. The molecule has 106 valence electrons. The number of aliphatic hydroxyl groups is 1. The fourth-order valence-electron chi connectivity index (χ4n) is 2.80. The highest BCUT2D eigenvalue weighted by Crippen LogP contribution is 2.29. The lowest BCUT2D eigenvalue weighted by Gasteiger charge is -2.12. The molecule has 0 bridgehead atoms. The van der Waals surface area contributed by atoms with Gasteiger partial charge in [-0.25, -0.2) is 0 Å². The van der Waals surface area contributed by atoms with Crippen LogP contribution in [-0.4, -0.2) is 26.2 Å². The van der Waals surface area contributed by atoms with E-state index in [0.29, 0.717) is 5.92 Å². The van der Waals surface area contributed by atoms with Crippen LogP contribution in [0.25, 0.3) is 11.3 Å². The summed E-state index contributed by atoms with van der Waals surface area (Å²) in [6.07, 6.45) is 4.34. The Hall–Kier alpha value is -1.68. The van der Waals surface area contributed by atoms with Crippen molar-refractivity contribution in [1.29, 1.82) is 0 Å². The van der Waals surface area contributed by atoms with E-state index in [2.05, 4.69) is 48.3 Å². The third-order valence-corrected chi connectivity index (χ3v) is 4.12. The highest BCUT2D eigenvalue weighted by atomic mass is 16.3. The summed E-state index contributed by atoms with van der Waals surface area (Å²) in [5, 5.41) is 18.8. The van der Waals surface area contributed by atoms with Crippen LogP contribution in [-0.2, 0) is 0 Å². The predicted octanol–water partition coefficient (Wildman–Crippen LogP) is 3.15. The molecule has 1 fully saturated rings. The van der Waals surface area contributed by atoms with Crippen molar-refractivity contribution in [2.45, 2.75) is 51.2 Å². The molecule has 1 N–H and O–H groups in total. The minimum Gasteiger partial charge on any atom is -0.391 e. The van der Waals surface area contributed by atoms with Crippen molar-refractivity contribution in [1.82, 2.24) is 15.0 Å². The third-order valence-electron chi connectivity index (χ3n) is 4.12. The van der Waals surface area contributed by atoms with Crippen LogP contribution in [0.15, 0.2) is 30.5 Å². The maximum Gasteiger partial charge on any atom is 0.113 e. The van der Waals surface area contributed by atoms with Crippen LogP contribution in [0.4, 0.5) is 0 Å². The predicted molar refractivity (Wildman–Crippen MR) is 78.4 cm³/mol. The molecule has 3 rings (SSSR count). The first kappa shape index (κ1) is 13.3. The molecule has 1 aromatic carbocycles. The van der Waals surface area contributed by atoms with Crippen LogP contribution in [0.3, 0.4) is 0 Å². The number of hydrogen-bond donors (Lipinski definition) is 1. The summed E-state index contributed by atoms with van der Waals surface area (Å²) in [6.45, 7) is 4.37. The highest BCUT2D eigenvalue weighted by Gasteiger charge is 2.28. The lowest BCUT2D eigenvalue weighted by atomic mass is 10.0. The molecule has 4 heteroatoms. The van der Waals surface area contributed by atoms with Crippen LogP contribution < -0.4 is 0 Å². The molecule has 0 aliphatic heterocycles. The van der Waals surface area contributed by atoms with Crippen molar-refractivity contribution in [2.24, 2.45) is 0 Å². The molecule has 0 unspecified atom stereocenters. The van der Waals surface area contributed by atoms with Gasteiger partial charge in [0.05, 0.1) is 18.3 Å². The van der Waals surface area contributed by atoms with Gasteiger partial charge in [0.1, 0.15) is 5.69 Å². The largest absolute Gasteiger partial charge is 0.391 e. The fourth-order valence-corrected chi connectivity index (χ4v) is 2.80. The van der Waals surface area contributed by atoms with E-state index < -0.39 is 0 Å². The van der Waals surface area contributed by atoms with Gasteiger partial charge in [-0.05, 0) is 30.7 Å². The van der Waals surface area contributed by atoms with Crippen LogP contribution in [0.2, 0.25) is 0 Å². The Morgan fingerprint density at radius 3 is 2.55 bits per heavy atom. The van der Waals surface area contributed by atoms with Gasteiger partial charge >= 0.3 is 0 Å². The molecule has 1 saturated carbocycles. The van der Waals surface area contributed by atoms with Gasteiger partial charge in [0.25, 0.3) is 0 Å². The van der Waals surface area contributed by atoms with E-state index >= 15 is 0 Å². The number of rotatable bonds is 3. The van der Waals surface area contributed by atoms with Crippen molar-refractivity contribution in [3.05, 3.63) is 36.0 Å². The number of benzene rings is 1. The average molecular weight is 271 g/mol. The zero-order chi connectivity index (χ0) is 14.1. The van der Waals surface area contributed by atoms with Crippen LogP contribution in [0, 0.1) is 0 Å². The molecule has 0 amide bonds. The second-order valence-corrected chi connectivity index (χ2v) is 5.89. The summed E-state index contributed by atoms with van der Waals surface area (Å²) in [5.41, 5.74) is 3.28. The summed E-state index contributed by atoms with van der Waals surface area (Å²) in [7, 11) is 0. The molecule has 1 aromatic heterocycles. The fraction of sp³-hybridized carbons (Fsp3) is 0.500. The Morgan fingerprint density at radius 1 is 1.20 bits per heavy atom. The number of hydrogen-bond acceptors (Lipinski definition) is 3. The van der Waals surface area contributed by atoms with Crippen molar-refractivity contribution in [3.8, 4) is 11.3 Å². The normalized spacial score (nSPS) is 22.6. The van der Waals surface area contributed by atoms with E-state index in [1.807, 2.05) is 0 Å². The molecule has 0 saturated heterocycles. The molecule has 0 radical (unpaired) electrons. The first-order valence-electron chi connectivity index (χ1n) is 7.35. The topological polar surface area (TPSA) is 50.9 Å². The van der Waals surface area contributed by atoms with Gasteiger partial charge in [0.15, 0.2) is 0 Å². The van der Waals surface area contributed by atoms with Gasteiger partial charge in [-0.2, -0.15) is 15.0 Å². The zero-order valence-electron chi connectivity index (χ0n) is 12.0. The second-order valence-electron chi connectivity index (χ2n) is 5.89. The minimum absolute atomic E-state index is 0.0405. The SMILES string of the molecule is CC(C)c1ccc(-c2cnn([C@H]3CCC[C@@H]3O)n2)cc1. The molecule has 1 heterocycles.